The van der Waals surface area contributed by atoms with Crippen molar-refractivity contribution in [3.8, 4) is 0 Å². The van der Waals surface area contributed by atoms with Crippen molar-refractivity contribution >= 4 is 0 Å². The first kappa shape index (κ1) is 13.8. The van der Waals surface area contributed by atoms with Crippen LogP contribution >= 0.6 is 0 Å². The van der Waals surface area contributed by atoms with Crippen LogP contribution in [0.1, 0.15) is 25.0 Å². The third kappa shape index (κ3) is 2.29. The molecule has 0 saturated carbocycles. The zero-order chi connectivity index (χ0) is 13.9. The summed E-state index contributed by atoms with van der Waals surface area (Å²) in [4.78, 5) is 0. The minimum Gasteiger partial charge on any atom is -0.382 e. The largest absolute Gasteiger partial charge is 0.382 e. The van der Waals surface area contributed by atoms with Crippen molar-refractivity contribution in [2.45, 2.75) is 25.0 Å². The number of hydrogen-bond acceptors (Lipinski definition) is 2. The van der Waals surface area contributed by atoms with Crippen LogP contribution in [0.4, 0.5) is 0 Å². The summed E-state index contributed by atoms with van der Waals surface area (Å²) < 4.78 is 5.69. The molecule has 100 valence electrons. The quantitative estimate of drug-likeness (QED) is 0.907. The molecule has 0 amide bonds. The molecule has 0 unspecified atom stereocenters. The first-order valence-electron chi connectivity index (χ1n) is 6.41. The van der Waals surface area contributed by atoms with Crippen molar-refractivity contribution in [1.82, 2.24) is 0 Å². The Morgan fingerprint density at radius 3 is 1.63 bits per heavy atom. The lowest BCUT2D eigenvalue weighted by molar-refractivity contribution is -0.163. The van der Waals surface area contributed by atoms with E-state index in [0.29, 0.717) is 0 Å². The molecular weight excluding hydrogens is 236 g/mol. The molecule has 0 fully saturated rings. The van der Waals surface area contributed by atoms with Crippen LogP contribution in [0.5, 0.6) is 0 Å². The van der Waals surface area contributed by atoms with Gasteiger partial charge in [0.05, 0.1) is 0 Å². The highest BCUT2D eigenvalue weighted by Crippen LogP contribution is 2.42. The Bertz CT molecular complexity index is 519. The lowest BCUT2D eigenvalue weighted by Crippen LogP contribution is -2.46. The smallest absolute Gasteiger partial charge is 0.122 e. The number of hydrogen-bond donors (Lipinski definition) is 1. The monoisotopic (exact) mass is 256 g/mol. The van der Waals surface area contributed by atoms with Crippen LogP contribution in [-0.2, 0) is 15.9 Å². The van der Waals surface area contributed by atoms with Gasteiger partial charge >= 0.3 is 0 Å². The lowest BCUT2D eigenvalue weighted by Gasteiger charge is -2.42. The highest BCUT2D eigenvalue weighted by Gasteiger charge is 2.46. The number of ether oxygens (including phenoxy) is 1. The predicted molar refractivity (Wildman–Crippen MR) is 76.8 cm³/mol. The van der Waals surface area contributed by atoms with Crippen molar-refractivity contribution < 1.29 is 9.84 Å². The number of aliphatic hydroxyl groups is 1. The molecule has 0 heterocycles. The van der Waals surface area contributed by atoms with E-state index in [0.717, 1.165) is 11.1 Å². The van der Waals surface area contributed by atoms with E-state index in [4.69, 9.17) is 4.74 Å². The summed E-state index contributed by atoms with van der Waals surface area (Å²) in [6.45, 7) is 3.70. The predicted octanol–water partition coefficient (Wildman–Crippen LogP) is 3.46. The van der Waals surface area contributed by atoms with E-state index in [1.54, 1.807) is 14.0 Å². The Morgan fingerprint density at radius 1 is 0.789 bits per heavy atom. The van der Waals surface area contributed by atoms with Gasteiger partial charge in [-0.05, 0) is 25.0 Å². The summed E-state index contributed by atoms with van der Waals surface area (Å²) >= 11 is 0. The molecule has 2 nitrogen and oxygen atoms in total. The average Bonchev–Trinajstić information content (AvgIpc) is 2.48. The van der Waals surface area contributed by atoms with Crippen LogP contribution in [0.2, 0.25) is 0 Å². The minimum absolute atomic E-state index is 0.810. The van der Waals surface area contributed by atoms with Gasteiger partial charge in [0.15, 0.2) is 0 Å². The van der Waals surface area contributed by atoms with Gasteiger partial charge in [0.1, 0.15) is 11.2 Å². The van der Waals surface area contributed by atoms with E-state index in [1.165, 1.54) is 0 Å². The van der Waals surface area contributed by atoms with Crippen LogP contribution in [0.3, 0.4) is 0 Å². The Balaban J connectivity index is 2.52. The molecule has 0 bridgehead atoms. The number of rotatable bonds is 4. The molecular formula is C17H20O2. The van der Waals surface area contributed by atoms with Gasteiger partial charge in [0.2, 0.25) is 0 Å². The Labute approximate surface area is 114 Å². The summed E-state index contributed by atoms with van der Waals surface area (Å²) in [6.07, 6.45) is 0. The second-order valence-corrected chi connectivity index (χ2v) is 5.04. The zero-order valence-electron chi connectivity index (χ0n) is 11.6. The molecule has 0 spiro atoms. The molecule has 19 heavy (non-hydrogen) atoms. The molecule has 0 aliphatic carbocycles. The van der Waals surface area contributed by atoms with Gasteiger partial charge < -0.3 is 9.84 Å². The van der Waals surface area contributed by atoms with Crippen molar-refractivity contribution in [2.75, 3.05) is 7.11 Å². The van der Waals surface area contributed by atoms with Gasteiger partial charge in [-0.3, -0.25) is 0 Å². The van der Waals surface area contributed by atoms with Crippen molar-refractivity contribution in [2.24, 2.45) is 0 Å². The molecule has 2 atom stereocenters. The van der Waals surface area contributed by atoms with Crippen LogP contribution in [0.25, 0.3) is 0 Å². The van der Waals surface area contributed by atoms with Crippen LogP contribution < -0.4 is 0 Å². The Kier molecular flexibility index (Phi) is 3.74. The molecule has 1 N–H and O–H groups in total. The third-order valence-electron chi connectivity index (χ3n) is 4.00. The second-order valence-electron chi connectivity index (χ2n) is 5.04. The van der Waals surface area contributed by atoms with Gasteiger partial charge in [-0.2, -0.15) is 0 Å². The second kappa shape index (κ2) is 5.16. The molecule has 2 rings (SSSR count). The average molecular weight is 256 g/mol. The Morgan fingerprint density at radius 2 is 1.21 bits per heavy atom. The summed E-state index contributed by atoms with van der Waals surface area (Å²) in [5.41, 5.74) is -0.144. The molecule has 2 aromatic rings. The highest BCUT2D eigenvalue weighted by molar-refractivity contribution is 5.32. The fraction of sp³-hybridized carbons (Fsp3) is 0.294. The van der Waals surface area contributed by atoms with Crippen molar-refractivity contribution in [3.05, 3.63) is 71.8 Å². The molecule has 0 aliphatic rings. The van der Waals surface area contributed by atoms with Crippen LogP contribution in [0.15, 0.2) is 60.7 Å². The van der Waals surface area contributed by atoms with Gasteiger partial charge in [-0.25, -0.2) is 0 Å². The maximum Gasteiger partial charge on any atom is 0.122 e. The topological polar surface area (TPSA) is 29.5 Å². The summed E-state index contributed by atoms with van der Waals surface area (Å²) in [5, 5.41) is 11.0. The molecule has 0 aromatic heterocycles. The van der Waals surface area contributed by atoms with Crippen LogP contribution in [0, 0.1) is 0 Å². The fourth-order valence-corrected chi connectivity index (χ4v) is 2.39. The minimum atomic E-state index is -1.12. The number of methoxy groups -OCH3 is 1. The van der Waals surface area contributed by atoms with E-state index < -0.39 is 11.2 Å². The van der Waals surface area contributed by atoms with Crippen molar-refractivity contribution in [3.63, 3.8) is 0 Å². The van der Waals surface area contributed by atoms with Gasteiger partial charge in [0, 0.05) is 7.11 Å². The van der Waals surface area contributed by atoms with Gasteiger partial charge in [-0.15, -0.1) is 0 Å². The Hall–Kier alpha value is -1.64. The third-order valence-corrected chi connectivity index (χ3v) is 4.00. The van der Waals surface area contributed by atoms with E-state index in [2.05, 4.69) is 0 Å². The van der Waals surface area contributed by atoms with Crippen LogP contribution in [-0.4, -0.2) is 12.2 Å². The lowest BCUT2D eigenvalue weighted by atomic mass is 9.75. The van der Waals surface area contributed by atoms with E-state index >= 15 is 0 Å². The molecule has 0 saturated heterocycles. The van der Waals surface area contributed by atoms with Gasteiger partial charge in [0.25, 0.3) is 0 Å². The molecule has 0 aliphatic heterocycles. The molecule has 2 heteroatoms. The number of benzene rings is 2. The highest BCUT2D eigenvalue weighted by atomic mass is 16.5. The maximum absolute atomic E-state index is 11.0. The fourth-order valence-electron chi connectivity index (χ4n) is 2.39. The van der Waals surface area contributed by atoms with E-state index in [9.17, 15) is 5.11 Å². The van der Waals surface area contributed by atoms with E-state index in [1.807, 2.05) is 67.6 Å². The standard InChI is InChI=1S/C17H20O2/c1-16(18,14-10-6-4-7-11-14)17(2,19-3)15-12-8-5-9-13-15/h4-13,18H,1-3H3/t16-,17+/m1/s1. The summed E-state index contributed by atoms with van der Waals surface area (Å²) in [7, 11) is 1.63. The molecule has 2 aromatic carbocycles. The van der Waals surface area contributed by atoms with Gasteiger partial charge in [-0.1, -0.05) is 60.7 Å². The SMILES string of the molecule is CO[C@@](C)(c1ccccc1)[C@](C)(O)c1ccccc1. The first-order valence-corrected chi connectivity index (χ1v) is 6.41. The summed E-state index contributed by atoms with van der Waals surface area (Å²) in [5.74, 6) is 0. The zero-order valence-corrected chi connectivity index (χ0v) is 11.6. The normalized spacial score (nSPS) is 17.5. The first-order chi connectivity index (χ1) is 9.02. The van der Waals surface area contributed by atoms with E-state index in [-0.39, 0.29) is 0 Å². The molecule has 0 radical (unpaired) electrons. The van der Waals surface area contributed by atoms with Crippen molar-refractivity contribution in [1.29, 1.82) is 0 Å². The maximum atomic E-state index is 11.0. The summed E-state index contributed by atoms with van der Waals surface area (Å²) in [6, 6.07) is 19.4.